The molecule has 1 aromatic heterocycles. The van der Waals surface area contributed by atoms with Gasteiger partial charge in [0.05, 0.1) is 53.3 Å². The number of hydrogen-bond acceptors (Lipinski definition) is 16. The van der Waals surface area contributed by atoms with Gasteiger partial charge < -0.3 is 63.4 Å². The average Bonchev–Trinajstić information content (AvgIpc) is 3.59. The van der Waals surface area contributed by atoms with Crippen molar-refractivity contribution in [3.05, 3.63) is 11.9 Å². The molecule has 1 aromatic rings. The Kier molecular flexibility index (Phi) is 16.2. The molecule has 18 heteroatoms. The number of likely N-dealkylation sites (N-methyl/N-ethyl adjacent to an activating group) is 1. The van der Waals surface area contributed by atoms with Crippen LogP contribution < -0.4 is 0 Å². The summed E-state index contributed by atoms with van der Waals surface area (Å²) in [7, 11) is 9.02. The first-order valence-electron chi connectivity index (χ1n) is 20.6. The number of ether oxygens (including phenoxy) is 6. The van der Waals surface area contributed by atoms with Gasteiger partial charge in [-0.3, -0.25) is 9.59 Å². The van der Waals surface area contributed by atoms with Gasteiger partial charge in [-0.05, 0) is 67.9 Å². The summed E-state index contributed by atoms with van der Waals surface area (Å²) in [5.74, 6) is -5.17. The SMILES string of the molecule is [B]n1cc(CCN(C)[C@H]2C[C@@H](C)O[C@@H](O[C@@H]3[C@H](C)[C@H](OC4C[C@@](C)(OC)[C@@H](O)[C@H](C)O4)[C@@H](C)C(=O)O[C@H](CC)[C@@](C)(O)[C@H](O)[C@@H](C)C(=O)[C@H](C)C[C@@]3(C)O)[C@@H]2O)nn1. The number of methoxy groups -OCH3 is 1. The van der Waals surface area contributed by atoms with Crippen LogP contribution in [0.25, 0.3) is 0 Å². The second-order valence-electron chi connectivity index (χ2n) is 17.9. The highest BCUT2D eigenvalue weighted by Crippen LogP contribution is 2.41. The Morgan fingerprint density at radius 2 is 1.64 bits per heavy atom. The summed E-state index contributed by atoms with van der Waals surface area (Å²) in [6.07, 6.45) is -8.23. The monoisotopic (exact) mass is 824 g/mol. The molecule has 3 saturated heterocycles. The van der Waals surface area contributed by atoms with Crippen LogP contribution in [0.1, 0.15) is 101 Å². The highest BCUT2D eigenvalue weighted by atomic mass is 16.7. The van der Waals surface area contributed by atoms with E-state index in [4.69, 9.17) is 36.4 Å². The van der Waals surface area contributed by atoms with E-state index in [0.717, 1.165) is 4.59 Å². The zero-order valence-corrected chi connectivity index (χ0v) is 36.3. The van der Waals surface area contributed by atoms with E-state index in [-0.39, 0.29) is 25.4 Å². The highest BCUT2D eigenvalue weighted by Gasteiger charge is 2.53. The lowest BCUT2D eigenvalue weighted by Gasteiger charge is -2.49. The van der Waals surface area contributed by atoms with E-state index in [1.165, 1.54) is 27.9 Å². The number of Topliss-reactive ketones (excluding diaryl/α,β-unsaturated/α-hetero) is 1. The van der Waals surface area contributed by atoms with Crippen molar-refractivity contribution >= 4 is 19.7 Å². The minimum absolute atomic E-state index is 0.0708. The Hall–Kier alpha value is -2.10. The number of rotatable bonds is 10. The van der Waals surface area contributed by atoms with E-state index in [9.17, 15) is 35.1 Å². The van der Waals surface area contributed by atoms with Crippen molar-refractivity contribution in [2.45, 2.75) is 186 Å². The molecule has 0 aromatic carbocycles. The van der Waals surface area contributed by atoms with Crippen molar-refractivity contribution in [2.24, 2.45) is 23.7 Å². The summed E-state index contributed by atoms with van der Waals surface area (Å²) < 4.78 is 38.6. The normalized spacial score (nSPS) is 45.2. The zero-order valence-electron chi connectivity index (χ0n) is 36.3. The lowest BCUT2D eigenvalue weighted by Crippen LogP contribution is -2.61. The van der Waals surface area contributed by atoms with Gasteiger partial charge in [0.25, 0.3) is 7.98 Å². The number of ketones is 1. The number of cyclic esters (lactones) is 1. The molecule has 3 aliphatic rings. The topological polar surface area (TPSA) is 225 Å². The largest absolute Gasteiger partial charge is 0.459 e. The summed E-state index contributed by atoms with van der Waals surface area (Å²) in [6, 6.07) is -0.446. The number of aliphatic hydroxyl groups is 5. The lowest BCUT2D eigenvalue weighted by molar-refractivity contribution is -0.318. The molecule has 0 aliphatic carbocycles. The average molecular weight is 825 g/mol. The third kappa shape index (κ3) is 10.7. The fourth-order valence-corrected chi connectivity index (χ4v) is 9.22. The van der Waals surface area contributed by atoms with Crippen LogP contribution in [0.5, 0.6) is 0 Å². The lowest BCUT2D eigenvalue weighted by atomic mass is 9.74. The van der Waals surface area contributed by atoms with E-state index < -0.39 is 114 Å². The molecular weight excluding hydrogens is 755 g/mol. The number of esters is 1. The number of nitrogens with zero attached hydrogens (tertiary/aromatic N) is 4. The van der Waals surface area contributed by atoms with Gasteiger partial charge in [-0.2, -0.15) is 0 Å². The third-order valence-electron chi connectivity index (χ3n) is 13.0. The van der Waals surface area contributed by atoms with Crippen LogP contribution in [0.2, 0.25) is 0 Å². The maximum atomic E-state index is 14.2. The minimum Gasteiger partial charge on any atom is -0.459 e. The van der Waals surface area contributed by atoms with Gasteiger partial charge in [-0.15, -0.1) is 5.10 Å². The van der Waals surface area contributed by atoms with Crippen LogP contribution in [-0.2, 0) is 44.4 Å². The maximum Gasteiger partial charge on any atom is 0.311 e. The van der Waals surface area contributed by atoms with Crippen LogP contribution in [-0.4, -0.2) is 170 Å². The molecule has 3 fully saturated rings. The van der Waals surface area contributed by atoms with Gasteiger partial charge in [0, 0.05) is 56.5 Å². The predicted molar refractivity (Wildman–Crippen MR) is 210 cm³/mol. The van der Waals surface area contributed by atoms with E-state index in [1.54, 1.807) is 47.7 Å². The minimum atomic E-state index is -2.02. The van der Waals surface area contributed by atoms with Crippen LogP contribution in [0, 0.1) is 23.7 Å². The molecule has 18 atom stereocenters. The molecule has 0 amide bonds. The first-order chi connectivity index (χ1) is 26.9. The van der Waals surface area contributed by atoms with Gasteiger partial charge in [0.15, 0.2) is 12.6 Å². The molecule has 4 heterocycles. The number of aromatic nitrogens is 3. The van der Waals surface area contributed by atoms with Crippen LogP contribution in [0.3, 0.4) is 0 Å². The Labute approximate surface area is 344 Å². The first-order valence-corrected chi connectivity index (χ1v) is 20.6. The first kappa shape index (κ1) is 48.6. The number of hydrogen-bond donors (Lipinski definition) is 5. The van der Waals surface area contributed by atoms with Crippen LogP contribution >= 0.6 is 0 Å². The van der Waals surface area contributed by atoms with Gasteiger partial charge in [0.1, 0.15) is 29.7 Å². The van der Waals surface area contributed by atoms with Crippen molar-refractivity contribution in [1.29, 1.82) is 0 Å². The molecule has 1 unspecified atom stereocenters. The van der Waals surface area contributed by atoms with E-state index in [1.807, 2.05) is 18.9 Å². The van der Waals surface area contributed by atoms with Crippen LogP contribution in [0.4, 0.5) is 0 Å². The van der Waals surface area contributed by atoms with Gasteiger partial charge in [-0.1, -0.05) is 32.9 Å². The summed E-state index contributed by atoms with van der Waals surface area (Å²) in [5.41, 5.74) is -4.27. The number of aliphatic hydroxyl groups excluding tert-OH is 3. The Morgan fingerprint density at radius 3 is 2.22 bits per heavy atom. The number of carbonyl (C=O) groups excluding carboxylic acids is 2. The highest BCUT2D eigenvalue weighted by molar-refractivity contribution is 6.05. The summed E-state index contributed by atoms with van der Waals surface area (Å²) in [6.45, 7) is 16.8. The molecule has 17 nitrogen and oxygen atoms in total. The molecule has 3 aliphatic heterocycles. The predicted octanol–water partition coefficient (Wildman–Crippen LogP) is 0.922. The Morgan fingerprint density at radius 1 is 0.983 bits per heavy atom. The molecule has 2 radical (unpaired) electrons. The molecule has 4 rings (SSSR count). The molecule has 330 valence electrons. The Bertz CT molecular complexity index is 1520. The van der Waals surface area contributed by atoms with E-state index >= 15 is 0 Å². The Balaban J connectivity index is 1.77. The molecule has 58 heavy (non-hydrogen) atoms. The quantitative estimate of drug-likeness (QED) is 0.163. The molecule has 5 N–H and O–H groups in total. The second-order valence-corrected chi connectivity index (χ2v) is 17.9. The van der Waals surface area contributed by atoms with E-state index in [0.29, 0.717) is 25.1 Å². The van der Waals surface area contributed by atoms with Gasteiger partial charge in [-0.25, -0.2) is 0 Å². The van der Waals surface area contributed by atoms with Gasteiger partial charge >= 0.3 is 5.97 Å². The van der Waals surface area contributed by atoms with Crippen molar-refractivity contribution in [1.82, 2.24) is 19.8 Å². The van der Waals surface area contributed by atoms with Crippen molar-refractivity contribution in [3.8, 4) is 0 Å². The standard InChI is InChI=1S/C40H69BN4O13/c1-13-28-40(10,52)33(48)22(4)30(46)20(2)17-38(8,51)35(58-37-31(47)27(16-21(3)54-37)44(11)15-14-26-19-45(41)43-42-26)23(5)32(24(6)36(50)56-28)57-29-18-39(9,53-12)34(49)25(7)55-29/h19-25,27-29,31-35,37,47-49,51-52H,13-18H2,1-12H3/t20-,21-,22+,23-,24-,25+,27+,28-,29?,31-,32+,33-,34+,35-,37+,38-,39-,40-/m1/s1. The van der Waals surface area contributed by atoms with Crippen LogP contribution in [0.15, 0.2) is 6.20 Å². The van der Waals surface area contributed by atoms with Gasteiger partial charge in [0.2, 0.25) is 0 Å². The van der Waals surface area contributed by atoms with E-state index in [2.05, 4.69) is 10.3 Å². The third-order valence-corrected chi connectivity index (χ3v) is 13.0. The molecule has 0 saturated carbocycles. The zero-order chi connectivity index (χ0) is 43.7. The van der Waals surface area contributed by atoms with Crippen molar-refractivity contribution in [2.75, 3.05) is 20.7 Å². The molecular formula is C40H69BN4O13. The maximum absolute atomic E-state index is 14.2. The number of carbonyl (C=O) groups is 2. The van der Waals surface area contributed by atoms with Crippen molar-refractivity contribution < 1.29 is 63.5 Å². The second kappa shape index (κ2) is 19.3. The van der Waals surface area contributed by atoms with Crippen molar-refractivity contribution in [3.63, 3.8) is 0 Å². The molecule has 0 spiro atoms. The fraction of sp³-hybridized carbons (Fsp3) is 0.900. The summed E-state index contributed by atoms with van der Waals surface area (Å²) >= 11 is 0. The summed E-state index contributed by atoms with van der Waals surface area (Å²) in [5, 5.41) is 66.3. The molecule has 0 bridgehead atoms. The summed E-state index contributed by atoms with van der Waals surface area (Å²) in [4.78, 5) is 30.1. The smallest absolute Gasteiger partial charge is 0.311 e. The fourth-order valence-electron chi connectivity index (χ4n) is 9.22.